The van der Waals surface area contributed by atoms with Crippen LogP contribution in [-0.2, 0) is 26.8 Å². The number of carbonyl (C=O) groups is 2. The fraction of sp³-hybridized carbons (Fsp3) is 0.500. The highest BCUT2D eigenvalue weighted by Gasteiger charge is 2.37. The lowest BCUT2D eigenvalue weighted by atomic mass is 9.63. The summed E-state index contributed by atoms with van der Waals surface area (Å²) in [5.41, 5.74) is 5.33. The van der Waals surface area contributed by atoms with Gasteiger partial charge in [-0.2, -0.15) is 0 Å². The molecule has 0 aliphatic heterocycles. The molecule has 4 nitrogen and oxygen atoms in total. The molecule has 2 aromatic rings. The Hall–Kier alpha value is -2.62. The number of esters is 1. The minimum absolute atomic E-state index is 0.0664. The summed E-state index contributed by atoms with van der Waals surface area (Å²) in [4.78, 5) is 24.6. The van der Waals surface area contributed by atoms with E-state index in [1.807, 2.05) is 36.4 Å². The van der Waals surface area contributed by atoms with Crippen LogP contribution in [0.3, 0.4) is 0 Å². The molecule has 32 heavy (non-hydrogen) atoms. The first kappa shape index (κ1) is 22.6. The van der Waals surface area contributed by atoms with Crippen LogP contribution in [0.25, 0.3) is 0 Å². The molecular weight excluding hydrogens is 398 g/mol. The number of hydrogen-bond acceptors (Lipinski definition) is 3. The quantitative estimate of drug-likeness (QED) is 0.531. The monoisotopic (exact) mass is 433 g/mol. The Kier molecular flexibility index (Phi) is 6.15. The van der Waals surface area contributed by atoms with Crippen molar-refractivity contribution in [2.24, 2.45) is 5.92 Å². The fourth-order valence-electron chi connectivity index (χ4n) is 4.61. The van der Waals surface area contributed by atoms with Crippen molar-refractivity contribution in [3.63, 3.8) is 0 Å². The van der Waals surface area contributed by atoms with Gasteiger partial charge in [0.25, 0.3) is 0 Å². The molecule has 0 radical (unpaired) electrons. The van der Waals surface area contributed by atoms with Crippen LogP contribution in [0.1, 0.15) is 86.8 Å². The lowest BCUT2D eigenvalue weighted by Crippen LogP contribution is -2.34. The lowest BCUT2D eigenvalue weighted by Gasteiger charge is -2.41. The Labute approximate surface area is 191 Å². The van der Waals surface area contributed by atoms with Crippen LogP contribution < -0.4 is 5.32 Å². The van der Waals surface area contributed by atoms with E-state index in [-0.39, 0.29) is 22.7 Å². The Bertz CT molecular complexity index is 1000. The SMILES string of the molecule is CC1(C)CCC(C)(C)c2cc(C(=O)OCCc3ccc(NC(=O)CC4CC4)cc3)ccc21. The van der Waals surface area contributed by atoms with Gasteiger partial charge in [-0.15, -0.1) is 0 Å². The Balaban J connectivity index is 1.32. The molecule has 0 unspecified atom stereocenters. The maximum atomic E-state index is 12.7. The standard InChI is InChI=1S/C28H35NO3/c1-27(2)14-15-28(3,4)24-18-21(9-12-23(24)27)26(31)32-16-13-19-7-10-22(11-8-19)29-25(30)17-20-5-6-20/h7-12,18,20H,5-6,13-17H2,1-4H3,(H,29,30). The van der Waals surface area contributed by atoms with Crippen molar-refractivity contribution in [2.45, 2.75) is 77.0 Å². The Morgan fingerprint density at radius 1 is 0.938 bits per heavy atom. The van der Waals surface area contributed by atoms with Gasteiger partial charge in [-0.1, -0.05) is 45.9 Å². The normalized spacial score (nSPS) is 18.5. The minimum atomic E-state index is -0.268. The van der Waals surface area contributed by atoms with E-state index < -0.39 is 0 Å². The molecule has 0 saturated heterocycles. The van der Waals surface area contributed by atoms with Crippen LogP contribution in [0.4, 0.5) is 5.69 Å². The highest BCUT2D eigenvalue weighted by molar-refractivity contribution is 5.91. The molecular formula is C28H35NO3. The minimum Gasteiger partial charge on any atom is -0.462 e. The fourth-order valence-corrected chi connectivity index (χ4v) is 4.61. The molecule has 2 aliphatic rings. The van der Waals surface area contributed by atoms with Crippen molar-refractivity contribution in [1.29, 1.82) is 0 Å². The zero-order chi connectivity index (χ0) is 22.9. The highest BCUT2D eigenvalue weighted by Crippen LogP contribution is 2.45. The Morgan fingerprint density at radius 3 is 2.25 bits per heavy atom. The molecule has 0 atom stereocenters. The molecule has 2 aromatic carbocycles. The van der Waals surface area contributed by atoms with Gasteiger partial charge in [0.15, 0.2) is 0 Å². The summed E-state index contributed by atoms with van der Waals surface area (Å²) in [7, 11) is 0. The summed E-state index contributed by atoms with van der Waals surface area (Å²) in [6.45, 7) is 9.41. The van der Waals surface area contributed by atoms with Crippen molar-refractivity contribution in [3.05, 3.63) is 64.7 Å². The van der Waals surface area contributed by atoms with E-state index in [9.17, 15) is 9.59 Å². The maximum absolute atomic E-state index is 12.7. The summed E-state index contributed by atoms with van der Waals surface area (Å²) in [5.74, 6) is 0.401. The van der Waals surface area contributed by atoms with Gasteiger partial charge >= 0.3 is 5.97 Å². The summed E-state index contributed by atoms with van der Waals surface area (Å²) in [6.07, 6.45) is 5.88. The molecule has 170 valence electrons. The van der Waals surface area contributed by atoms with Gasteiger partial charge in [0.1, 0.15) is 0 Å². The van der Waals surface area contributed by atoms with Crippen LogP contribution in [-0.4, -0.2) is 18.5 Å². The number of anilines is 1. The van der Waals surface area contributed by atoms with E-state index in [1.165, 1.54) is 24.0 Å². The number of rotatable bonds is 7. The second-order valence-electron chi connectivity index (χ2n) is 10.8. The molecule has 2 aliphatic carbocycles. The van der Waals surface area contributed by atoms with Gasteiger partial charge in [0, 0.05) is 18.5 Å². The van der Waals surface area contributed by atoms with Gasteiger partial charge < -0.3 is 10.1 Å². The molecule has 0 aromatic heterocycles. The number of benzene rings is 2. The third-order valence-corrected chi connectivity index (χ3v) is 7.12. The van der Waals surface area contributed by atoms with E-state index >= 15 is 0 Å². The van der Waals surface area contributed by atoms with Gasteiger partial charge in [-0.05, 0) is 83.4 Å². The van der Waals surface area contributed by atoms with Crippen molar-refractivity contribution in [2.75, 3.05) is 11.9 Å². The average Bonchev–Trinajstić information content (AvgIpc) is 3.56. The van der Waals surface area contributed by atoms with Crippen molar-refractivity contribution in [1.82, 2.24) is 0 Å². The molecule has 0 bridgehead atoms. The largest absolute Gasteiger partial charge is 0.462 e. The van der Waals surface area contributed by atoms with Crippen LogP contribution in [0.5, 0.6) is 0 Å². The predicted octanol–water partition coefficient (Wildman–Crippen LogP) is 6.17. The maximum Gasteiger partial charge on any atom is 0.338 e. The first-order chi connectivity index (χ1) is 15.1. The van der Waals surface area contributed by atoms with E-state index in [4.69, 9.17) is 4.74 Å². The zero-order valence-corrected chi connectivity index (χ0v) is 19.8. The van der Waals surface area contributed by atoms with E-state index in [2.05, 4.69) is 39.1 Å². The molecule has 4 rings (SSSR count). The van der Waals surface area contributed by atoms with Crippen molar-refractivity contribution >= 4 is 17.6 Å². The van der Waals surface area contributed by atoms with Gasteiger partial charge in [-0.3, -0.25) is 4.79 Å². The predicted molar refractivity (Wildman–Crippen MR) is 128 cm³/mol. The van der Waals surface area contributed by atoms with E-state index in [0.29, 0.717) is 30.9 Å². The second-order valence-corrected chi connectivity index (χ2v) is 10.8. The molecule has 4 heteroatoms. The molecule has 1 fully saturated rings. The van der Waals surface area contributed by atoms with Crippen LogP contribution in [0.2, 0.25) is 0 Å². The number of carbonyl (C=O) groups excluding carboxylic acids is 2. The average molecular weight is 434 g/mol. The third kappa shape index (κ3) is 5.23. The first-order valence-electron chi connectivity index (χ1n) is 11.8. The lowest BCUT2D eigenvalue weighted by molar-refractivity contribution is -0.116. The molecule has 0 spiro atoms. The topological polar surface area (TPSA) is 55.4 Å². The van der Waals surface area contributed by atoms with Gasteiger partial charge in [0.05, 0.1) is 12.2 Å². The molecule has 0 heterocycles. The summed E-state index contributed by atoms with van der Waals surface area (Å²) in [5, 5.41) is 2.95. The van der Waals surface area contributed by atoms with E-state index in [1.54, 1.807) is 0 Å². The summed E-state index contributed by atoms with van der Waals surface area (Å²) in [6, 6.07) is 13.8. The number of hydrogen-bond donors (Lipinski definition) is 1. The van der Waals surface area contributed by atoms with Gasteiger partial charge in [0.2, 0.25) is 5.91 Å². The molecule has 1 N–H and O–H groups in total. The van der Waals surface area contributed by atoms with E-state index in [0.717, 1.165) is 24.1 Å². The molecule has 1 saturated carbocycles. The number of nitrogens with one attached hydrogen (secondary N) is 1. The number of amides is 1. The second kappa shape index (κ2) is 8.73. The number of ether oxygens (including phenoxy) is 1. The smallest absolute Gasteiger partial charge is 0.338 e. The number of fused-ring (bicyclic) bond motifs is 1. The van der Waals surface area contributed by atoms with Crippen LogP contribution in [0, 0.1) is 5.92 Å². The zero-order valence-electron chi connectivity index (χ0n) is 19.8. The third-order valence-electron chi connectivity index (χ3n) is 7.12. The van der Waals surface area contributed by atoms with Crippen molar-refractivity contribution in [3.8, 4) is 0 Å². The highest BCUT2D eigenvalue weighted by atomic mass is 16.5. The first-order valence-corrected chi connectivity index (χ1v) is 11.8. The van der Waals surface area contributed by atoms with Crippen LogP contribution in [0.15, 0.2) is 42.5 Å². The summed E-state index contributed by atoms with van der Waals surface area (Å²) >= 11 is 0. The molecule has 1 amide bonds. The van der Waals surface area contributed by atoms with Crippen LogP contribution >= 0.6 is 0 Å². The summed E-state index contributed by atoms with van der Waals surface area (Å²) < 4.78 is 5.58. The Morgan fingerprint density at radius 2 is 1.59 bits per heavy atom. The van der Waals surface area contributed by atoms with Gasteiger partial charge in [-0.25, -0.2) is 4.79 Å². The van der Waals surface area contributed by atoms with Crippen molar-refractivity contribution < 1.29 is 14.3 Å².